The molecule has 2 heterocycles. The van der Waals surface area contributed by atoms with Gasteiger partial charge in [-0.2, -0.15) is 0 Å². The van der Waals surface area contributed by atoms with Crippen molar-refractivity contribution in [1.82, 2.24) is 9.97 Å². The maximum atomic E-state index is 5.96. The second-order valence-corrected chi connectivity index (χ2v) is 4.78. The van der Waals surface area contributed by atoms with Crippen LogP contribution in [0.4, 0.5) is 11.6 Å². The second-order valence-electron chi connectivity index (χ2n) is 4.78. The summed E-state index contributed by atoms with van der Waals surface area (Å²) < 4.78 is 10.9. The molecule has 1 aromatic rings. The van der Waals surface area contributed by atoms with Gasteiger partial charge in [0.15, 0.2) is 0 Å². The van der Waals surface area contributed by atoms with Crippen LogP contribution < -0.4 is 10.6 Å². The summed E-state index contributed by atoms with van der Waals surface area (Å²) >= 11 is 0. The zero-order valence-corrected chi connectivity index (χ0v) is 12.0. The van der Waals surface area contributed by atoms with Crippen LogP contribution in [0, 0.1) is 6.92 Å². The number of ether oxygens (including phenoxy) is 2. The molecule has 106 valence electrons. The molecule has 2 unspecified atom stereocenters. The molecule has 1 fully saturated rings. The molecule has 0 amide bonds. The van der Waals surface area contributed by atoms with Gasteiger partial charge in [0, 0.05) is 39.3 Å². The zero-order chi connectivity index (χ0) is 14.0. The van der Waals surface area contributed by atoms with Crippen LogP contribution in [0.5, 0.6) is 0 Å². The standard InChI is InChI=1S/C13H22N4O2/c1-5-11-15-12(14)8(2)13(16-11)17-6-9(18-3)10(7-17)19-4/h9-10H,5-7H2,1-4H3,(H2,14,15,16). The van der Waals surface area contributed by atoms with E-state index < -0.39 is 0 Å². The van der Waals surface area contributed by atoms with Gasteiger partial charge in [-0.15, -0.1) is 0 Å². The minimum Gasteiger partial charge on any atom is -0.383 e. The molecule has 2 atom stereocenters. The average molecular weight is 266 g/mol. The van der Waals surface area contributed by atoms with Gasteiger partial charge < -0.3 is 20.1 Å². The van der Waals surface area contributed by atoms with Gasteiger partial charge in [0.1, 0.15) is 29.7 Å². The van der Waals surface area contributed by atoms with E-state index in [0.717, 1.165) is 36.7 Å². The first kappa shape index (κ1) is 14.0. The number of rotatable bonds is 4. The molecule has 0 bridgehead atoms. The first-order chi connectivity index (χ1) is 9.10. The Morgan fingerprint density at radius 1 is 1.21 bits per heavy atom. The fourth-order valence-electron chi connectivity index (χ4n) is 2.40. The van der Waals surface area contributed by atoms with Crippen molar-refractivity contribution in [2.75, 3.05) is 37.9 Å². The molecule has 0 saturated carbocycles. The molecule has 0 aromatic carbocycles. The van der Waals surface area contributed by atoms with E-state index in [9.17, 15) is 0 Å². The lowest BCUT2D eigenvalue weighted by Crippen LogP contribution is -2.27. The highest BCUT2D eigenvalue weighted by Crippen LogP contribution is 2.27. The van der Waals surface area contributed by atoms with Crippen LogP contribution in [-0.2, 0) is 15.9 Å². The lowest BCUT2D eigenvalue weighted by Gasteiger charge is -2.20. The van der Waals surface area contributed by atoms with Gasteiger partial charge in [-0.05, 0) is 6.92 Å². The van der Waals surface area contributed by atoms with Crippen molar-refractivity contribution in [3.8, 4) is 0 Å². The fraction of sp³-hybridized carbons (Fsp3) is 0.692. The van der Waals surface area contributed by atoms with Crippen LogP contribution in [0.3, 0.4) is 0 Å². The Morgan fingerprint density at radius 2 is 1.79 bits per heavy atom. The fourth-order valence-corrected chi connectivity index (χ4v) is 2.40. The first-order valence-corrected chi connectivity index (χ1v) is 6.54. The monoisotopic (exact) mass is 266 g/mol. The molecule has 6 heteroatoms. The highest BCUT2D eigenvalue weighted by Gasteiger charge is 2.34. The lowest BCUT2D eigenvalue weighted by atomic mass is 10.3. The van der Waals surface area contributed by atoms with E-state index in [-0.39, 0.29) is 12.2 Å². The van der Waals surface area contributed by atoms with Gasteiger partial charge >= 0.3 is 0 Å². The molecular formula is C13H22N4O2. The predicted octanol–water partition coefficient (Wildman–Crippen LogP) is 0.780. The number of nitrogens with zero attached hydrogens (tertiary/aromatic N) is 3. The van der Waals surface area contributed by atoms with Gasteiger partial charge in [0.05, 0.1) is 0 Å². The molecule has 0 spiro atoms. The van der Waals surface area contributed by atoms with Gasteiger partial charge in [0.2, 0.25) is 0 Å². The minimum absolute atomic E-state index is 0.0608. The number of aromatic nitrogens is 2. The summed E-state index contributed by atoms with van der Waals surface area (Å²) in [5.41, 5.74) is 6.88. The molecule has 0 aliphatic carbocycles. The molecule has 6 nitrogen and oxygen atoms in total. The van der Waals surface area contributed by atoms with Gasteiger partial charge in [-0.25, -0.2) is 9.97 Å². The minimum atomic E-state index is 0.0608. The average Bonchev–Trinajstić information content (AvgIpc) is 2.84. The SMILES string of the molecule is CCc1nc(N)c(C)c(N2CC(OC)C(OC)C2)n1. The van der Waals surface area contributed by atoms with E-state index in [0.29, 0.717) is 5.82 Å². The highest BCUT2D eigenvalue weighted by molar-refractivity contribution is 5.57. The molecule has 2 rings (SSSR count). The Hall–Kier alpha value is -1.40. The summed E-state index contributed by atoms with van der Waals surface area (Å²) in [6, 6.07) is 0. The van der Waals surface area contributed by atoms with Crippen molar-refractivity contribution in [3.63, 3.8) is 0 Å². The predicted molar refractivity (Wildman–Crippen MR) is 74.4 cm³/mol. The number of hydrogen-bond acceptors (Lipinski definition) is 6. The normalized spacial score (nSPS) is 23.1. The summed E-state index contributed by atoms with van der Waals surface area (Å²) in [5, 5.41) is 0. The van der Waals surface area contributed by atoms with E-state index in [4.69, 9.17) is 15.2 Å². The highest BCUT2D eigenvalue weighted by atomic mass is 16.5. The summed E-state index contributed by atoms with van der Waals surface area (Å²) in [7, 11) is 3.41. The topological polar surface area (TPSA) is 73.5 Å². The van der Waals surface area contributed by atoms with Crippen LogP contribution >= 0.6 is 0 Å². The van der Waals surface area contributed by atoms with Crippen molar-refractivity contribution in [1.29, 1.82) is 0 Å². The molecule has 1 saturated heterocycles. The van der Waals surface area contributed by atoms with Crippen LogP contribution in [0.15, 0.2) is 0 Å². The van der Waals surface area contributed by atoms with Crippen LogP contribution in [0.25, 0.3) is 0 Å². The first-order valence-electron chi connectivity index (χ1n) is 6.54. The van der Waals surface area contributed by atoms with E-state index >= 15 is 0 Å². The summed E-state index contributed by atoms with van der Waals surface area (Å²) in [5.74, 6) is 2.22. The lowest BCUT2D eigenvalue weighted by molar-refractivity contribution is -0.00461. The molecule has 0 radical (unpaired) electrons. The van der Waals surface area contributed by atoms with Crippen molar-refractivity contribution in [2.45, 2.75) is 32.5 Å². The third-order valence-electron chi connectivity index (χ3n) is 3.64. The van der Waals surface area contributed by atoms with E-state index in [1.165, 1.54) is 0 Å². The van der Waals surface area contributed by atoms with Crippen molar-refractivity contribution in [2.24, 2.45) is 0 Å². The van der Waals surface area contributed by atoms with Crippen LogP contribution in [0.2, 0.25) is 0 Å². The summed E-state index contributed by atoms with van der Waals surface area (Å²) in [6.07, 6.45) is 0.892. The molecule has 1 aliphatic heterocycles. The summed E-state index contributed by atoms with van der Waals surface area (Å²) in [4.78, 5) is 11.0. The van der Waals surface area contributed by atoms with E-state index in [2.05, 4.69) is 14.9 Å². The van der Waals surface area contributed by atoms with Gasteiger partial charge in [0.25, 0.3) is 0 Å². The molecule has 1 aromatic heterocycles. The number of anilines is 2. The van der Waals surface area contributed by atoms with E-state index in [1.807, 2.05) is 13.8 Å². The van der Waals surface area contributed by atoms with Crippen molar-refractivity contribution < 1.29 is 9.47 Å². The van der Waals surface area contributed by atoms with Crippen molar-refractivity contribution >= 4 is 11.6 Å². The van der Waals surface area contributed by atoms with Crippen LogP contribution in [0.1, 0.15) is 18.3 Å². The number of nitrogens with two attached hydrogens (primary N) is 1. The Bertz CT molecular complexity index is 441. The molecule has 2 N–H and O–H groups in total. The smallest absolute Gasteiger partial charge is 0.137 e. The molecular weight excluding hydrogens is 244 g/mol. The zero-order valence-electron chi connectivity index (χ0n) is 12.0. The summed E-state index contributed by atoms with van der Waals surface area (Å²) in [6.45, 7) is 5.49. The van der Waals surface area contributed by atoms with E-state index in [1.54, 1.807) is 14.2 Å². The van der Waals surface area contributed by atoms with Gasteiger partial charge in [-0.1, -0.05) is 6.92 Å². The Balaban J connectivity index is 2.30. The Morgan fingerprint density at radius 3 is 2.26 bits per heavy atom. The number of nitrogen functional groups attached to an aromatic ring is 1. The largest absolute Gasteiger partial charge is 0.383 e. The third kappa shape index (κ3) is 2.64. The molecule has 1 aliphatic rings. The maximum absolute atomic E-state index is 5.96. The van der Waals surface area contributed by atoms with Crippen molar-refractivity contribution in [3.05, 3.63) is 11.4 Å². The van der Waals surface area contributed by atoms with Crippen LogP contribution in [-0.4, -0.2) is 49.5 Å². The third-order valence-corrected chi connectivity index (χ3v) is 3.64. The Kier molecular flexibility index (Phi) is 4.21. The second kappa shape index (κ2) is 5.71. The number of aryl methyl sites for hydroxylation is 1. The van der Waals surface area contributed by atoms with Gasteiger partial charge in [-0.3, -0.25) is 0 Å². The number of hydrogen-bond donors (Lipinski definition) is 1. The Labute approximate surface area is 113 Å². The molecule has 19 heavy (non-hydrogen) atoms. The quantitative estimate of drug-likeness (QED) is 0.868. The maximum Gasteiger partial charge on any atom is 0.137 e. The number of methoxy groups -OCH3 is 2.